The maximum atomic E-state index is 9.55. The molecule has 2 aliphatic rings. The van der Waals surface area contributed by atoms with Gasteiger partial charge >= 0.3 is 23.9 Å². The van der Waals surface area contributed by atoms with Crippen LogP contribution in [0.2, 0.25) is 0 Å². The molecule has 0 aliphatic carbocycles. The first-order valence-corrected chi connectivity index (χ1v) is 13.2. The number of likely N-dealkylation sites (N-methyl/N-ethyl adjacent to an activating group) is 1. The van der Waals surface area contributed by atoms with Crippen LogP contribution >= 0.6 is 11.8 Å². The van der Waals surface area contributed by atoms with Crippen LogP contribution in [-0.2, 0) is 19.2 Å². The van der Waals surface area contributed by atoms with Gasteiger partial charge in [-0.3, -0.25) is 0 Å². The molecule has 4 N–H and O–H groups in total. The van der Waals surface area contributed by atoms with Crippen LogP contribution in [0.3, 0.4) is 0 Å². The molecule has 0 radical (unpaired) electrons. The molecule has 0 aromatic heterocycles. The summed E-state index contributed by atoms with van der Waals surface area (Å²) in [6.45, 7) is 7.10. The standard InChI is InChI=1S/C20H25N3S.2C4H4O4/c1-21-13-15-22(16-14-21)11-6-12-23-17-7-2-4-9-19(17)24-20-10-5-3-8-18(20)23;2*5-3(6)1-2-4(7)8/h2-5,7-10H,6,11-16H2,1H3;2*1-2H,(H,5,6)(H,7,8). The summed E-state index contributed by atoms with van der Waals surface area (Å²) in [7, 11) is 2.22. The van der Waals surface area contributed by atoms with Gasteiger partial charge in [0.2, 0.25) is 0 Å². The van der Waals surface area contributed by atoms with Crippen molar-refractivity contribution in [2.75, 3.05) is 51.2 Å². The lowest BCUT2D eigenvalue weighted by Gasteiger charge is -2.35. The number of anilines is 2. The number of carboxylic acids is 4. The van der Waals surface area contributed by atoms with Crippen LogP contribution in [-0.4, -0.2) is 100 Å². The summed E-state index contributed by atoms with van der Waals surface area (Å²) < 4.78 is 0. The van der Waals surface area contributed by atoms with Crippen molar-refractivity contribution in [3.05, 3.63) is 72.8 Å². The molecule has 0 bridgehead atoms. The van der Waals surface area contributed by atoms with Crippen molar-refractivity contribution in [3.63, 3.8) is 0 Å². The van der Waals surface area contributed by atoms with Crippen molar-refractivity contribution < 1.29 is 39.6 Å². The molecule has 1 fully saturated rings. The topological polar surface area (TPSA) is 159 Å². The molecule has 12 heteroatoms. The molecule has 0 unspecified atom stereocenters. The fraction of sp³-hybridized carbons (Fsp3) is 0.286. The van der Waals surface area contributed by atoms with Crippen LogP contribution in [0.4, 0.5) is 11.4 Å². The van der Waals surface area contributed by atoms with E-state index in [1.54, 1.807) is 0 Å². The number of benzene rings is 2. The lowest BCUT2D eigenvalue weighted by molar-refractivity contribution is -0.134. The molecule has 2 aromatic carbocycles. The molecular formula is C28H33N3O8S. The zero-order valence-electron chi connectivity index (χ0n) is 22.0. The molecule has 40 heavy (non-hydrogen) atoms. The third-order valence-corrected chi connectivity index (χ3v) is 6.85. The fourth-order valence-corrected chi connectivity index (χ4v) is 4.93. The number of piperazine rings is 1. The van der Waals surface area contributed by atoms with Crippen LogP contribution in [0, 0.1) is 0 Å². The first-order valence-electron chi connectivity index (χ1n) is 12.4. The van der Waals surface area contributed by atoms with Crippen molar-refractivity contribution in [3.8, 4) is 0 Å². The normalized spacial score (nSPS) is 14.8. The van der Waals surface area contributed by atoms with E-state index in [0.717, 1.165) is 6.54 Å². The van der Waals surface area contributed by atoms with Crippen LogP contribution in [0.1, 0.15) is 6.42 Å². The highest BCUT2D eigenvalue weighted by atomic mass is 32.2. The Kier molecular flexibility index (Phi) is 13.4. The van der Waals surface area contributed by atoms with E-state index >= 15 is 0 Å². The molecule has 2 aliphatic heterocycles. The second-order valence-corrected chi connectivity index (χ2v) is 9.79. The second-order valence-electron chi connectivity index (χ2n) is 8.71. The molecule has 11 nitrogen and oxygen atoms in total. The number of carboxylic acid groups (broad SMARTS) is 4. The molecule has 0 spiro atoms. The van der Waals surface area contributed by atoms with E-state index in [2.05, 4.69) is 70.3 Å². The Hall–Kier alpha value is -4.13. The van der Waals surface area contributed by atoms with E-state index < -0.39 is 23.9 Å². The quantitative estimate of drug-likeness (QED) is 0.343. The van der Waals surface area contributed by atoms with Gasteiger partial charge in [0.25, 0.3) is 0 Å². The van der Waals surface area contributed by atoms with E-state index in [-0.39, 0.29) is 0 Å². The first-order chi connectivity index (χ1) is 19.1. The molecule has 2 heterocycles. The highest BCUT2D eigenvalue weighted by molar-refractivity contribution is 7.99. The third-order valence-electron chi connectivity index (χ3n) is 5.72. The molecular weight excluding hydrogens is 538 g/mol. The van der Waals surface area contributed by atoms with Gasteiger partial charge in [0.1, 0.15) is 0 Å². The summed E-state index contributed by atoms with van der Waals surface area (Å²) in [5.41, 5.74) is 2.72. The summed E-state index contributed by atoms with van der Waals surface area (Å²) in [6, 6.07) is 17.6. The Labute approximate surface area is 236 Å². The Morgan fingerprint density at radius 3 is 1.48 bits per heavy atom. The number of rotatable bonds is 8. The second kappa shape index (κ2) is 16.7. The number of para-hydroxylation sites is 2. The first kappa shape index (κ1) is 32.1. The Bertz CT molecular complexity index is 1110. The number of fused-ring (bicyclic) bond motifs is 2. The summed E-state index contributed by atoms with van der Waals surface area (Å²) in [6.07, 6.45) is 3.44. The van der Waals surface area contributed by atoms with Crippen molar-refractivity contribution in [2.45, 2.75) is 16.2 Å². The zero-order valence-corrected chi connectivity index (χ0v) is 22.9. The largest absolute Gasteiger partial charge is 0.478 e. The summed E-state index contributed by atoms with van der Waals surface area (Å²) in [5, 5.41) is 31.2. The molecule has 0 saturated carbocycles. The van der Waals surface area contributed by atoms with Crippen LogP contribution < -0.4 is 4.90 Å². The minimum atomic E-state index is -1.26. The van der Waals surface area contributed by atoms with Gasteiger partial charge in [-0.05, 0) is 44.3 Å². The number of carbonyl (C=O) groups is 4. The van der Waals surface area contributed by atoms with Gasteiger partial charge in [0, 0.05) is 66.8 Å². The summed E-state index contributed by atoms with van der Waals surface area (Å²) in [4.78, 5) is 48.5. The van der Waals surface area contributed by atoms with Gasteiger partial charge in [0.05, 0.1) is 11.4 Å². The molecule has 1 saturated heterocycles. The zero-order chi connectivity index (χ0) is 29.5. The van der Waals surface area contributed by atoms with Crippen LogP contribution in [0.25, 0.3) is 0 Å². The predicted molar refractivity (Wildman–Crippen MR) is 151 cm³/mol. The van der Waals surface area contributed by atoms with Crippen molar-refractivity contribution in [2.24, 2.45) is 0 Å². The fourth-order valence-electron chi connectivity index (χ4n) is 3.83. The molecule has 2 aromatic rings. The maximum absolute atomic E-state index is 9.55. The number of aliphatic carboxylic acids is 4. The van der Waals surface area contributed by atoms with E-state index in [0.29, 0.717) is 24.3 Å². The minimum absolute atomic E-state index is 0.558. The Morgan fingerprint density at radius 2 is 1.07 bits per heavy atom. The molecule has 214 valence electrons. The monoisotopic (exact) mass is 571 g/mol. The SMILES string of the molecule is CN1CCN(CCCN2c3ccccc3Sc3ccccc32)CC1.O=C(O)C=CC(=O)O.O=C(O)C=CC(=O)O. The van der Waals surface area contributed by atoms with E-state index in [9.17, 15) is 19.2 Å². The average molecular weight is 572 g/mol. The third kappa shape index (κ3) is 11.7. The van der Waals surface area contributed by atoms with E-state index in [4.69, 9.17) is 20.4 Å². The smallest absolute Gasteiger partial charge is 0.328 e. The van der Waals surface area contributed by atoms with Gasteiger partial charge in [-0.15, -0.1) is 0 Å². The molecule has 4 rings (SSSR count). The molecule has 0 atom stereocenters. The van der Waals surface area contributed by atoms with E-state index in [1.165, 1.54) is 60.3 Å². The van der Waals surface area contributed by atoms with Crippen LogP contribution in [0.5, 0.6) is 0 Å². The van der Waals surface area contributed by atoms with Gasteiger partial charge < -0.3 is 35.1 Å². The van der Waals surface area contributed by atoms with Gasteiger partial charge in [0.15, 0.2) is 0 Å². The van der Waals surface area contributed by atoms with E-state index in [1.807, 2.05) is 11.8 Å². The predicted octanol–water partition coefficient (Wildman–Crippen LogP) is 3.35. The van der Waals surface area contributed by atoms with Crippen molar-refractivity contribution in [1.29, 1.82) is 0 Å². The van der Waals surface area contributed by atoms with Crippen molar-refractivity contribution in [1.82, 2.24) is 9.80 Å². The number of hydrogen-bond donors (Lipinski definition) is 4. The lowest BCUT2D eigenvalue weighted by Crippen LogP contribution is -2.45. The number of nitrogens with zero attached hydrogens (tertiary/aromatic N) is 3. The maximum Gasteiger partial charge on any atom is 0.328 e. The summed E-state index contributed by atoms with van der Waals surface area (Å²) >= 11 is 1.89. The van der Waals surface area contributed by atoms with Crippen molar-refractivity contribution >= 4 is 47.0 Å². The van der Waals surface area contributed by atoms with Gasteiger partial charge in [-0.2, -0.15) is 0 Å². The summed E-state index contributed by atoms with van der Waals surface area (Å²) in [5.74, 6) is -5.03. The molecule has 0 amide bonds. The number of hydrogen-bond acceptors (Lipinski definition) is 8. The Balaban J connectivity index is 0.000000290. The average Bonchev–Trinajstić information content (AvgIpc) is 2.92. The highest BCUT2D eigenvalue weighted by Crippen LogP contribution is 2.47. The van der Waals surface area contributed by atoms with Gasteiger partial charge in [-0.25, -0.2) is 19.2 Å². The highest BCUT2D eigenvalue weighted by Gasteiger charge is 2.22. The lowest BCUT2D eigenvalue weighted by atomic mass is 10.2. The minimum Gasteiger partial charge on any atom is -0.478 e. The van der Waals surface area contributed by atoms with Gasteiger partial charge in [-0.1, -0.05) is 36.0 Å². The van der Waals surface area contributed by atoms with Crippen LogP contribution in [0.15, 0.2) is 82.6 Å². The Morgan fingerprint density at radius 1 is 0.675 bits per heavy atom.